The summed E-state index contributed by atoms with van der Waals surface area (Å²) in [6, 6.07) is 5.14. The zero-order valence-corrected chi connectivity index (χ0v) is 14.0. The summed E-state index contributed by atoms with van der Waals surface area (Å²) < 4.78 is 0. The van der Waals surface area contributed by atoms with Crippen molar-refractivity contribution in [2.24, 2.45) is 0 Å². The second kappa shape index (κ2) is 7.40. The van der Waals surface area contributed by atoms with Gasteiger partial charge in [-0.1, -0.05) is 44.4 Å². The summed E-state index contributed by atoms with van der Waals surface area (Å²) in [6.45, 7) is 6.78. The van der Waals surface area contributed by atoms with Crippen LogP contribution in [0.5, 0.6) is 0 Å². The number of benzene rings is 1. The number of hydrogen-bond donors (Lipinski definition) is 1. The Balaban J connectivity index is 0.000000433. The van der Waals surface area contributed by atoms with Gasteiger partial charge in [-0.15, -0.1) is 0 Å². The quantitative estimate of drug-likeness (QED) is 0.853. The van der Waals surface area contributed by atoms with Gasteiger partial charge in [0.05, 0.1) is 0 Å². The van der Waals surface area contributed by atoms with Gasteiger partial charge in [0.1, 0.15) is 6.04 Å². The number of fused-ring (bicyclic) bond motifs is 1. The molecule has 124 valence electrons. The molecule has 2 aliphatic heterocycles. The van der Waals surface area contributed by atoms with Crippen molar-refractivity contribution in [2.75, 3.05) is 0 Å². The molecule has 1 fully saturated rings. The molecule has 1 aromatic carbocycles. The van der Waals surface area contributed by atoms with E-state index in [1.165, 1.54) is 12.8 Å². The number of carbonyl (C=O) groups is 3. The lowest BCUT2D eigenvalue weighted by Crippen LogP contribution is -2.52. The van der Waals surface area contributed by atoms with E-state index < -0.39 is 6.04 Å². The van der Waals surface area contributed by atoms with E-state index in [0.717, 1.165) is 11.1 Å². The Kier molecular flexibility index (Phi) is 5.53. The summed E-state index contributed by atoms with van der Waals surface area (Å²) in [5, 5.41) is 2.29. The molecule has 0 aromatic heterocycles. The van der Waals surface area contributed by atoms with E-state index >= 15 is 0 Å². The van der Waals surface area contributed by atoms with E-state index in [-0.39, 0.29) is 24.1 Å². The number of nitrogens with zero attached hydrogens (tertiary/aromatic N) is 1. The van der Waals surface area contributed by atoms with Gasteiger partial charge in [0, 0.05) is 18.5 Å². The number of piperidine rings is 1. The normalized spacial score (nSPS) is 19.9. The van der Waals surface area contributed by atoms with Crippen molar-refractivity contribution in [1.29, 1.82) is 0 Å². The van der Waals surface area contributed by atoms with Gasteiger partial charge >= 0.3 is 0 Å². The van der Waals surface area contributed by atoms with Gasteiger partial charge in [-0.25, -0.2) is 0 Å². The Morgan fingerprint density at radius 1 is 1.17 bits per heavy atom. The average molecular weight is 316 g/mol. The zero-order chi connectivity index (χ0) is 17.0. The minimum Gasteiger partial charge on any atom is -0.322 e. The molecule has 0 aliphatic carbocycles. The van der Waals surface area contributed by atoms with Gasteiger partial charge in [-0.2, -0.15) is 0 Å². The number of imide groups is 1. The number of rotatable bonds is 2. The Morgan fingerprint density at radius 2 is 1.87 bits per heavy atom. The molecule has 2 aliphatic rings. The third-order valence-corrected chi connectivity index (χ3v) is 4.18. The predicted molar refractivity (Wildman–Crippen MR) is 87.8 cm³/mol. The minimum atomic E-state index is -0.530. The Bertz CT molecular complexity index is 623. The van der Waals surface area contributed by atoms with Crippen molar-refractivity contribution in [1.82, 2.24) is 10.2 Å². The van der Waals surface area contributed by atoms with Crippen molar-refractivity contribution >= 4 is 17.7 Å². The summed E-state index contributed by atoms with van der Waals surface area (Å²) in [5.74, 6) is -0.750. The van der Waals surface area contributed by atoms with E-state index in [9.17, 15) is 14.4 Å². The second-order valence-electron chi connectivity index (χ2n) is 6.06. The highest BCUT2D eigenvalue weighted by atomic mass is 16.2. The fourth-order valence-electron chi connectivity index (χ4n) is 2.70. The van der Waals surface area contributed by atoms with Crippen LogP contribution in [0.4, 0.5) is 0 Å². The van der Waals surface area contributed by atoms with Crippen LogP contribution in [0.15, 0.2) is 18.2 Å². The second-order valence-corrected chi connectivity index (χ2v) is 6.06. The third-order valence-electron chi connectivity index (χ3n) is 4.18. The molecule has 0 spiro atoms. The molecule has 5 nitrogen and oxygen atoms in total. The molecule has 3 rings (SSSR count). The van der Waals surface area contributed by atoms with Crippen LogP contribution in [-0.2, 0) is 16.1 Å². The first-order chi connectivity index (χ1) is 11.0. The van der Waals surface area contributed by atoms with Crippen LogP contribution in [0.25, 0.3) is 0 Å². The van der Waals surface area contributed by atoms with E-state index in [1.54, 1.807) is 11.0 Å². The number of carbonyl (C=O) groups excluding carboxylic acids is 3. The van der Waals surface area contributed by atoms with E-state index in [0.29, 0.717) is 18.5 Å². The Morgan fingerprint density at radius 3 is 2.48 bits per heavy atom. The SMILES string of the molecule is CCCC.Cc1ccc2c(c1)CN(C1CCC(=O)NC1=O)C2=O. The predicted octanol–water partition coefficient (Wildman–Crippen LogP) is 2.56. The molecular weight excluding hydrogens is 292 g/mol. The highest BCUT2D eigenvalue weighted by Gasteiger charge is 2.38. The first-order valence-corrected chi connectivity index (χ1v) is 8.22. The van der Waals surface area contributed by atoms with Crippen molar-refractivity contribution in [2.45, 2.75) is 59.0 Å². The highest BCUT2D eigenvalue weighted by molar-refractivity contribution is 6.05. The van der Waals surface area contributed by atoms with Crippen LogP contribution in [0.3, 0.4) is 0 Å². The number of nitrogens with one attached hydrogen (secondary N) is 1. The van der Waals surface area contributed by atoms with Crippen LogP contribution < -0.4 is 5.32 Å². The number of unbranched alkanes of at least 4 members (excludes halogenated alkanes) is 1. The molecule has 0 saturated carbocycles. The van der Waals surface area contributed by atoms with Gasteiger partial charge in [0.2, 0.25) is 11.8 Å². The lowest BCUT2D eigenvalue weighted by molar-refractivity contribution is -0.136. The topological polar surface area (TPSA) is 66.5 Å². The molecule has 1 saturated heterocycles. The maximum Gasteiger partial charge on any atom is 0.255 e. The molecule has 5 heteroatoms. The number of aryl methyl sites for hydroxylation is 1. The van der Waals surface area contributed by atoms with Crippen LogP contribution in [0.1, 0.15) is 61.0 Å². The molecule has 1 aromatic rings. The van der Waals surface area contributed by atoms with E-state index in [4.69, 9.17) is 0 Å². The van der Waals surface area contributed by atoms with Crippen molar-refractivity contribution in [3.8, 4) is 0 Å². The van der Waals surface area contributed by atoms with Gasteiger partial charge in [0.25, 0.3) is 5.91 Å². The molecule has 1 N–H and O–H groups in total. The van der Waals surface area contributed by atoms with E-state index in [1.807, 2.05) is 19.1 Å². The molecule has 23 heavy (non-hydrogen) atoms. The maximum atomic E-state index is 12.3. The molecule has 2 heterocycles. The minimum absolute atomic E-state index is 0.121. The summed E-state index contributed by atoms with van der Waals surface area (Å²) in [5.41, 5.74) is 2.71. The molecule has 0 bridgehead atoms. The largest absolute Gasteiger partial charge is 0.322 e. The van der Waals surface area contributed by atoms with Crippen LogP contribution in [-0.4, -0.2) is 28.7 Å². The first kappa shape index (κ1) is 17.2. The number of hydrogen-bond acceptors (Lipinski definition) is 3. The molecule has 1 atom stereocenters. The molecule has 3 amide bonds. The zero-order valence-electron chi connectivity index (χ0n) is 14.0. The third kappa shape index (κ3) is 3.78. The fraction of sp³-hybridized carbons (Fsp3) is 0.500. The van der Waals surface area contributed by atoms with Gasteiger partial charge in [0.15, 0.2) is 0 Å². The van der Waals surface area contributed by atoms with Crippen molar-refractivity contribution in [3.63, 3.8) is 0 Å². The standard InChI is InChI=1S/C14H14N2O3.C4H10/c1-8-2-3-10-9(6-8)7-16(14(10)19)11-4-5-12(17)15-13(11)18;1-3-4-2/h2-3,6,11H,4-5,7H2,1H3,(H,15,17,18);3-4H2,1-2H3. The van der Waals surface area contributed by atoms with Gasteiger partial charge in [-0.3, -0.25) is 19.7 Å². The van der Waals surface area contributed by atoms with Crippen LogP contribution in [0.2, 0.25) is 0 Å². The summed E-state index contributed by atoms with van der Waals surface area (Å²) in [7, 11) is 0. The van der Waals surface area contributed by atoms with Crippen LogP contribution in [0, 0.1) is 6.92 Å². The van der Waals surface area contributed by atoms with Gasteiger partial charge in [-0.05, 0) is 25.0 Å². The monoisotopic (exact) mass is 316 g/mol. The molecule has 0 radical (unpaired) electrons. The van der Waals surface area contributed by atoms with E-state index in [2.05, 4.69) is 19.2 Å². The summed E-state index contributed by atoms with van der Waals surface area (Å²) in [6.07, 6.45) is 3.33. The first-order valence-electron chi connectivity index (χ1n) is 8.22. The van der Waals surface area contributed by atoms with Gasteiger partial charge < -0.3 is 4.90 Å². The van der Waals surface area contributed by atoms with Crippen molar-refractivity contribution in [3.05, 3.63) is 34.9 Å². The lowest BCUT2D eigenvalue weighted by Gasteiger charge is -2.29. The highest BCUT2D eigenvalue weighted by Crippen LogP contribution is 2.27. The maximum absolute atomic E-state index is 12.3. The summed E-state index contributed by atoms with van der Waals surface area (Å²) >= 11 is 0. The average Bonchev–Trinajstić information content (AvgIpc) is 2.84. The molecular formula is C18H24N2O3. The Hall–Kier alpha value is -2.17. The lowest BCUT2D eigenvalue weighted by atomic mass is 10.0. The fourth-order valence-corrected chi connectivity index (χ4v) is 2.70. The van der Waals surface area contributed by atoms with Crippen LogP contribution >= 0.6 is 0 Å². The molecule has 1 unspecified atom stereocenters. The summed E-state index contributed by atoms with van der Waals surface area (Å²) in [4.78, 5) is 36.8. The van der Waals surface area contributed by atoms with Crippen molar-refractivity contribution < 1.29 is 14.4 Å². The number of amides is 3. The smallest absolute Gasteiger partial charge is 0.255 e. The Labute approximate surface area is 137 Å².